The van der Waals surface area contributed by atoms with Crippen LogP contribution in [-0.2, 0) is 4.79 Å². The molecule has 4 atom stereocenters. The summed E-state index contributed by atoms with van der Waals surface area (Å²) in [5.74, 6) is 3.07. The van der Waals surface area contributed by atoms with Crippen LogP contribution in [0.5, 0.6) is 17.2 Å². The lowest BCUT2D eigenvalue weighted by molar-refractivity contribution is -0.118. The summed E-state index contributed by atoms with van der Waals surface area (Å²) < 4.78 is 16.3. The fraction of sp³-hybridized carbons (Fsp3) is 0.462. The molecule has 0 aliphatic heterocycles. The number of carbonyl (C=O) groups is 2. The average molecular weight is 453 g/mol. The Morgan fingerprint density at radius 2 is 1.79 bits per heavy atom. The van der Waals surface area contributed by atoms with Gasteiger partial charge in [0.2, 0.25) is 0 Å². The number of carbonyl (C=O) groups excluding carboxylic acids is 2. The lowest BCUT2D eigenvalue weighted by atomic mass is 9.84. The minimum atomic E-state index is -0.331. The highest BCUT2D eigenvalue weighted by atomic mass is 16.5. The van der Waals surface area contributed by atoms with Gasteiger partial charge in [-0.1, -0.05) is 18.6 Å². The summed E-state index contributed by atoms with van der Waals surface area (Å²) in [5.41, 5.74) is 1.07. The molecule has 2 fully saturated rings. The summed E-state index contributed by atoms with van der Waals surface area (Å²) in [7, 11) is 3.05. The summed E-state index contributed by atoms with van der Waals surface area (Å²) in [4.78, 5) is 25.2. The van der Waals surface area contributed by atoms with Gasteiger partial charge in [-0.05, 0) is 74.3 Å². The van der Waals surface area contributed by atoms with Crippen LogP contribution in [-0.4, -0.2) is 38.7 Å². The summed E-state index contributed by atoms with van der Waals surface area (Å²) in [6, 6.07) is 12.3. The lowest BCUT2D eigenvalue weighted by Crippen LogP contribution is -2.40. The van der Waals surface area contributed by atoms with E-state index in [4.69, 9.17) is 14.2 Å². The van der Waals surface area contributed by atoms with Gasteiger partial charge in [0.1, 0.15) is 5.75 Å². The molecule has 2 aromatic rings. The molecule has 33 heavy (non-hydrogen) atoms. The van der Waals surface area contributed by atoms with Crippen molar-refractivity contribution in [3.63, 3.8) is 0 Å². The second kappa shape index (κ2) is 10.1. The number of hydrogen-bond donors (Lipinski definition) is 2. The van der Waals surface area contributed by atoms with E-state index >= 15 is 0 Å². The smallest absolute Gasteiger partial charge is 0.262 e. The van der Waals surface area contributed by atoms with Gasteiger partial charge in [0.05, 0.1) is 19.9 Å². The number of nitrogens with one attached hydrogen (secondary N) is 2. The van der Waals surface area contributed by atoms with Crippen LogP contribution in [0.15, 0.2) is 42.5 Å². The Bertz CT molecular complexity index is 1010. The minimum absolute atomic E-state index is 0.121. The zero-order valence-corrected chi connectivity index (χ0v) is 19.4. The standard InChI is InChI=1S/C26H32N2O5/c1-16(20-13-17-8-9-18(20)12-17)27-26(30)19-10-11-23(24(14-19)32-3)33-15-25(29)28-21-6-4-5-7-22(21)31-2/h4-7,10-11,14,16-18,20H,8-9,12-13,15H2,1-3H3,(H,27,30)(H,28,29). The first-order valence-electron chi connectivity index (χ1n) is 11.5. The Morgan fingerprint density at radius 1 is 1.00 bits per heavy atom. The van der Waals surface area contributed by atoms with Crippen LogP contribution in [0.2, 0.25) is 0 Å². The minimum Gasteiger partial charge on any atom is -0.495 e. The summed E-state index contributed by atoms with van der Waals surface area (Å²) in [6.45, 7) is 1.90. The van der Waals surface area contributed by atoms with Gasteiger partial charge in [0.15, 0.2) is 18.1 Å². The first-order chi connectivity index (χ1) is 16.0. The van der Waals surface area contributed by atoms with E-state index in [1.807, 2.05) is 12.1 Å². The molecule has 2 aliphatic rings. The maximum absolute atomic E-state index is 12.8. The topological polar surface area (TPSA) is 85.9 Å². The van der Waals surface area contributed by atoms with Crippen LogP contribution < -0.4 is 24.8 Å². The van der Waals surface area contributed by atoms with Gasteiger partial charge < -0.3 is 24.8 Å². The maximum atomic E-state index is 12.8. The van der Waals surface area contributed by atoms with Crippen molar-refractivity contribution in [3.8, 4) is 17.2 Å². The summed E-state index contributed by atoms with van der Waals surface area (Å²) in [6.07, 6.45) is 5.17. The number of amides is 2. The predicted molar refractivity (Wildman–Crippen MR) is 126 cm³/mol. The van der Waals surface area contributed by atoms with E-state index in [0.717, 1.165) is 11.8 Å². The second-order valence-electron chi connectivity index (χ2n) is 9.00. The van der Waals surface area contributed by atoms with Crippen molar-refractivity contribution in [2.24, 2.45) is 17.8 Å². The largest absolute Gasteiger partial charge is 0.495 e. The predicted octanol–water partition coefficient (Wildman–Crippen LogP) is 4.28. The normalized spacial score (nSPS) is 21.8. The molecule has 4 rings (SSSR count). The Kier molecular flexibility index (Phi) is 7.06. The molecule has 2 saturated carbocycles. The molecule has 0 radical (unpaired) electrons. The third kappa shape index (κ3) is 5.24. The SMILES string of the molecule is COc1ccccc1NC(=O)COc1ccc(C(=O)NC(C)C2CC3CCC2C3)cc1OC. The van der Waals surface area contributed by atoms with Gasteiger partial charge in [0, 0.05) is 11.6 Å². The van der Waals surface area contributed by atoms with E-state index in [1.165, 1.54) is 32.8 Å². The van der Waals surface area contributed by atoms with Crippen molar-refractivity contribution in [3.05, 3.63) is 48.0 Å². The monoisotopic (exact) mass is 452 g/mol. The molecule has 2 N–H and O–H groups in total. The van der Waals surface area contributed by atoms with Crippen molar-refractivity contribution in [2.45, 2.75) is 38.6 Å². The van der Waals surface area contributed by atoms with Gasteiger partial charge in [-0.25, -0.2) is 0 Å². The molecular weight excluding hydrogens is 420 g/mol. The van der Waals surface area contributed by atoms with Crippen LogP contribution in [0, 0.1) is 17.8 Å². The van der Waals surface area contributed by atoms with Crippen molar-refractivity contribution in [2.75, 3.05) is 26.1 Å². The Balaban J connectivity index is 1.34. The van der Waals surface area contributed by atoms with Crippen LogP contribution in [0.1, 0.15) is 43.0 Å². The summed E-state index contributed by atoms with van der Waals surface area (Å²) >= 11 is 0. The van der Waals surface area contributed by atoms with E-state index in [9.17, 15) is 9.59 Å². The number of ether oxygens (including phenoxy) is 3. The average Bonchev–Trinajstić information content (AvgIpc) is 3.47. The van der Waals surface area contributed by atoms with Gasteiger partial charge in [-0.15, -0.1) is 0 Å². The van der Waals surface area contributed by atoms with Crippen molar-refractivity contribution >= 4 is 17.5 Å². The van der Waals surface area contributed by atoms with Crippen molar-refractivity contribution in [1.82, 2.24) is 5.32 Å². The fourth-order valence-electron chi connectivity index (χ4n) is 5.31. The van der Waals surface area contributed by atoms with Gasteiger partial charge >= 0.3 is 0 Å². The maximum Gasteiger partial charge on any atom is 0.262 e. The lowest BCUT2D eigenvalue weighted by Gasteiger charge is -2.28. The van der Waals surface area contributed by atoms with Crippen LogP contribution >= 0.6 is 0 Å². The van der Waals surface area contributed by atoms with Crippen LogP contribution in [0.4, 0.5) is 5.69 Å². The first kappa shape index (κ1) is 23.0. The molecule has 2 amide bonds. The molecule has 4 unspecified atom stereocenters. The highest BCUT2D eigenvalue weighted by Crippen LogP contribution is 2.49. The molecule has 0 saturated heterocycles. The Labute approximate surface area is 194 Å². The number of benzene rings is 2. The van der Waals surface area contributed by atoms with Crippen molar-refractivity contribution in [1.29, 1.82) is 0 Å². The molecule has 0 aromatic heterocycles. The Hall–Kier alpha value is -3.22. The number of rotatable bonds is 9. The molecule has 176 valence electrons. The van der Waals surface area contributed by atoms with E-state index in [1.54, 1.807) is 37.4 Å². The van der Waals surface area contributed by atoms with E-state index in [2.05, 4.69) is 17.6 Å². The summed E-state index contributed by atoms with van der Waals surface area (Å²) in [5, 5.41) is 5.94. The van der Waals surface area contributed by atoms with Crippen LogP contribution in [0.25, 0.3) is 0 Å². The molecule has 7 heteroatoms. The highest BCUT2D eigenvalue weighted by Gasteiger charge is 2.42. The van der Waals surface area contributed by atoms with Crippen LogP contribution in [0.3, 0.4) is 0 Å². The molecule has 0 spiro atoms. The second-order valence-corrected chi connectivity index (χ2v) is 9.00. The molecule has 2 aliphatic carbocycles. The molecule has 2 aromatic carbocycles. The first-order valence-corrected chi connectivity index (χ1v) is 11.5. The third-order valence-corrected chi connectivity index (χ3v) is 6.96. The zero-order valence-electron chi connectivity index (χ0n) is 19.4. The number of hydrogen-bond acceptors (Lipinski definition) is 5. The van der Waals surface area contributed by atoms with Crippen molar-refractivity contribution < 1.29 is 23.8 Å². The number of para-hydroxylation sites is 2. The van der Waals surface area contributed by atoms with E-state index in [-0.39, 0.29) is 24.5 Å². The number of methoxy groups -OCH3 is 2. The zero-order chi connectivity index (χ0) is 23.4. The third-order valence-electron chi connectivity index (χ3n) is 6.96. The van der Waals surface area contributed by atoms with Gasteiger partial charge in [0.25, 0.3) is 11.8 Å². The van der Waals surface area contributed by atoms with Gasteiger partial charge in [-0.2, -0.15) is 0 Å². The number of fused-ring (bicyclic) bond motifs is 2. The van der Waals surface area contributed by atoms with Gasteiger partial charge in [-0.3, -0.25) is 9.59 Å². The Morgan fingerprint density at radius 3 is 2.48 bits per heavy atom. The number of anilines is 1. The molecular formula is C26H32N2O5. The van der Waals surface area contributed by atoms with E-state index < -0.39 is 0 Å². The fourth-order valence-corrected chi connectivity index (χ4v) is 5.31. The molecule has 7 nitrogen and oxygen atoms in total. The highest BCUT2D eigenvalue weighted by molar-refractivity contribution is 5.95. The quantitative estimate of drug-likeness (QED) is 0.593. The van der Waals surface area contributed by atoms with E-state index in [0.29, 0.717) is 34.4 Å². The molecule has 2 bridgehead atoms. The molecule has 0 heterocycles.